The van der Waals surface area contributed by atoms with Gasteiger partial charge in [0.05, 0.1) is 21.7 Å². The van der Waals surface area contributed by atoms with Gasteiger partial charge < -0.3 is 5.11 Å². The van der Waals surface area contributed by atoms with E-state index in [1.54, 1.807) is 0 Å². The molecule has 0 spiro atoms. The average Bonchev–Trinajstić information content (AvgIpc) is 2.81. The summed E-state index contributed by atoms with van der Waals surface area (Å²) in [6.45, 7) is -1.98. The zero-order valence-corrected chi connectivity index (χ0v) is 13.2. The van der Waals surface area contributed by atoms with Crippen LogP contribution in [0.3, 0.4) is 0 Å². The maximum Gasteiger partial charge on any atom is 0.401 e. The molecule has 1 aromatic rings. The third-order valence-electron chi connectivity index (χ3n) is 3.61. The van der Waals surface area contributed by atoms with Gasteiger partial charge in [0.1, 0.15) is 6.04 Å². The van der Waals surface area contributed by atoms with Gasteiger partial charge in [-0.2, -0.15) is 13.2 Å². The molecule has 0 amide bonds. The van der Waals surface area contributed by atoms with Crippen molar-refractivity contribution < 1.29 is 31.5 Å². The fraction of sp³-hybridized carbons (Fsp3) is 0.462. The van der Waals surface area contributed by atoms with Crippen LogP contribution in [0.15, 0.2) is 29.2 Å². The standard InChI is InChI=1S/C13H13ClF3NO4S/c14-9-3-1-2-4-11(9)23(21,22)8-5-10(12(19)20)18(6-8)7-13(15,16)17/h1-4,8,10H,5-7H2,(H,19,20)/t8-,10+/m1/s1. The Morgan fingerprint density at radius 3 is 2.48 bits per heavy atom. The number of hydrogen-bond donors (Lipinski definition) is 1. The van der Waals surface area contributed by atoms with Gasteiger partial charge in [-0.3, -0.25) is 9.69 Å². The topological polar surface area (TPSA) is 74.7 Å². The molecule has 23 heavy (non-hydrogen) atoms. The van der Waals surface area contributed by atoms with Crippen LogP contribution in [-0.2, 0) is 14.6 Å². The minimum atomic E-state index is -4.61. The molecule has 0 radical (unpaired) electrons. The van der Waals surface area contributed by atoms with Gasteiger partial charge >= 0.3 is 12.1 Å². The highest BCUT2D eigenvalue weighted by molar-refractivity contribution is 7.92. The first kappa shape index (κ1) is 18.0. The van der Waals surface area contributed by atoms with Crippen molar-refractivity contribution in [3.8, 4) is 0 Å². The third kappa shape index (κ3) is 3.96. The number of nitrogens with zero attached hydrogens (tertiary/aromatic N) is 1. The van der Waals surface area contributed by atoms with E-state index in [0.717, 1.165) is 0 Å². The number of likely N-dealkylation sites (tertiary alicyclic amines) is 1. The number of aliphatic carboxylic acids is 1. The number of halogens is 4. The highest BCUT2D eigenvalue weighted by atomic mass is 35.5. The van der Waals surface area contributed by atoms with Crippen molar-refractivity contribution in [3.05, 3.63) is 29.3 Å². The molecule has 0 unspecified atom stereocenters. The van der Waals surface area contributed by atoms with Gasteiger partial charge in [-0.1, -0.05) is 23.7 Å². The molecule has 0 aliphatic carbocycles. The van der Waals surface area contributed by atoms with E-state index in [-0.39, 0.29) is 9.92 Å². The molecule has 1 N–H and O–H groups in total. The summed E-state index contributed by atoms with van der Waals surface area (Å²) in [6.07, 6.45) is -5.03. The summed E-state index contributed by atoms with van der Waals surface area (Å²) in [5.74, 6) is -1.48. The first-order valence-electron chi connectivity index (χ1n) is 6.54. The quantitative estimate of drug-likeness (QED) is 0.878. The lowest BCUT2D eigenvalue weighted by atomic mass is 10.2. The molecule has 1 heterocycles. The fourth-order valence-electron chi connectivity index (χ4n) is 2.60. The zero-order chi connectivity index (χ0) is 17.4. The Morgan fingerprint density at radius 1 is 1.35 bits per heavy atom. The molecular weight excluding hydrogens is 359 g/mol. The molecule has 0 saturated carbocycles. The molecule has 1 aliphatic heterocycles. The second-order valence-corrected chi connectivity index (χ2v) is 7.84. The molecule has 0 bridgehead atoms. The molecular formula is C13H13ClF3NO4S. The maximum atomic E-state index is 12.5. The summed E-state index contributed by atoms with van der Waals surface area (Å²) in [7, 11) is -4.03. The summed E-state index contributed by atoms with van der Waals surface area (Å²) in [6, 6.07) is 4.06. The number of rotatable bonds is 4. The highest BCUT2D eigenvalue weighted by Crippen LogP contribution is 2.33. The van der Waals surface area contributed by atoms with Crippen LogP contribution in [0.1, 0.15) is 6.42 Å². The van der Waals surface area contributed by atoms with E-state index in [4.69, 9.17) is 16.7 Å². The van der Waals surface area contributed by atoms with Gasteiger partial charge in [0.2, 0.25) is 0 Å². The molecule has 10 heteroatoms. The van der Waals surface area contributed by atoms with Crippen molar-refractivity contribution in [1.82, 2.24) is 4.90 Å². The van der Waals surface area contributed by atoms with Gasteiger partial charge in [0.25, 0.3) is 0 Å². The minimum absolute atomic E-state index is 0.0475. The maximum absolute atomic E-state index is 12.5. The van der Waals surface area contributed by atoms with E-state index in [2.05, 4.69) is 0 Å². The minimum Gasteiger partial charge on any atom is -0.480 e. The summed E-state index contributed by atoms with van der Waals surface area (Å²) in [4.78, 5) is 11.6. The lowest BCUT2D eigenvalue weighted by Crippen LogP contribution is -2.42. The Bertz CT molecular complexity index is 707. The van der Waals surface area contributed by atoms with Gasteiger partial charge in [0.15, 0.2) is 9.84 Å². The third-order valence-corrected chi connectivity index (χ3v) is 6.24. The number of carboxylic acids is 1. The number of hydrogen-bond acceptors (Lipinski definition) is 4. The van der Waals surface area contributed by atoms with Crippen molar-refractivity contribution in [2.45, 2.75) is 28.8 Å². The zero-order valence-electron chi connectivity index (χ0n) is 11.6. The second-order valence-electron chi connectivity index (χ2n) is 5.23. The van der Waals surface area contributed by atoms with Crippen LogP contribution in [0, 0.1) is 0 Å². The summed E-state index contributed by atoms with van der Waals surface area (Å²) >= 11 is 5.84. The van der Waals surface area contributed by atoms with Crippen molar-refractivity contribution in [3.63, 3.8) is 0 Å². The van der Waals surface area contributed by atoms with E-state index in [1.165, 1.54) is 24.3 Å². The van der Waals surface area contributed by atoms with Gasteiger partial charge in [-0.15, -0.1) is 0 Å². The van der Waals surface area contributed by atoms with E-state index in [0.29, 0.717) is 4.90 Å². The van der Waals surface area contributed by atoms with Gasteiger partial charge in [0, 0.05) is 6.54 Å². The fourth-order valence-corrected chi connectivity index (χ4v) is 4.85. The molecule has 2 atom stereocenters. The lowest BCUT2D eigenvalue weighted by molar-refractivity contribution is -0.157. The van der Waals surface area contributed by atoms with Crippen LogP contribution in [0.2, 0.25) is 5.02 Å². The normalized spacial score (nSPS) is 23.1. The summed E-state index contributed by atoms with van der Waals surface area (Å²) < 4.78 is 62.7. The van der Waals surface area contributed by atoms with Crippen LogP contribution in [-0.4, -0.2) is 55.0 Å². The predicted octanol–water partition coefficient (Wildman–Crippen LogP) is 2.20. The molecule has 2 rings (SSSR count). The Morgan fingerprint density at radius 2 is 1.96 bits per heavy atom. The molecule has 1 saturated heterocycles. The Hall–Kier alpha value is -1.32. The summed E-state index contributed by atoms with van der Waals surface area (Å²) in [5, 5.41) is 7.75. The molecule has 0 aromatic heterocycles. The van der Waals surface area contributed by atoms with E-state index in [1.807, 2.05) is 0 Å². The number of carbonyl (C=O) groups is 1. The highest BCUT2D eigenvalue weighted by Gasteiger charge is 2.47. The van der Waals surface area contributed by atoms with Crippen molar-refractivity contribution in [2.75, 3.05) is 13.1 Å². The van der Waals surface area contributed by atoms with Crippen molar-refractivity contribution in [2.24, 2.45) is 0 Å². The van der Waals surface area contributed by atoms with E-state index in [9.17, 15) is 26.4 Å². The number of benzene rings is 1. The molecule has 1 aliphatic rings. The lowest BCUT2D eigenvalue weighted by Gasteiger charge is -2.22. The molecule has 5 nitrogen and oxygen atoms in total. The summed E-state index contributed by atoms with van der Waals surface area (Å²) in [5.41, 5.74) is 0. The SMILES string of the molecule is O=C(O)[C@@H]1C[C@@H](S(=O)(=O)c2ccccc2Cl)CN1CC(F)(F)F. The monoisotopic (exact) mass is 371 g/mol. The Labute approximate surface area is 135 Å². The average molecular weight is 372 g/mol. The molecule has 1 aromatic carbocycles. The van der Waals surface area contributed by atoms with E-state index < -0.39 is 52.8 Å². The van der Waals surface area contributed by atoms with Crippen molar-refractivity contribution >= 4 is 27.4 Å². The molecule has 128 valence electrons. The Balaban J connectivity index is 2.31. The van der Waals surface area contributed by atoms with Crippen LogP contribution < -0.4 is 0 Å². The van der Waals surface area contributed by atoms with Crippen LogP contribution in [0.5, 0.6) is 0 Å². The van der Waals surface area contributed by atoms with Crippen molar-refractivity contribution in [1.29, 1.82) is 0 Å². The van der Waals surface area contributed by atoms with Gasteiger partial charge in [-0.25, -0.2) is 8.42 Å². The van der Waals surface area contributed by atoms with Crippen LogP contribution in [0.25, 0.3) is 0 Å². The largest absolute Gasteiger partial charge is 0.480 e. The Kier molecular flexibility index (Phi) is 4.93. The van der Waals surface area contributed by atoms with Crippen LogP contribution in [0.4, 0.5) is 13.2 Å². The first-order chi connectivity index (χ1) is 10.5. The van der Waals surface area contributed by atoms with Gasteiger partial charge in [-0.05, 0) is 18.6 Å². The number of carboxylic acid groups (broad SMARTS) is 1. The smallest absolute Gasteiger partial charge is 0.401 e. The number of sulfone groups is 1. The molecule has 1 fully saturated rings. The first-order valence-corrected chi connectivity index (χ1v) is 8.47. The number of alkyl halides is 3. The van der Waals surface area contributed by atoms with Crippen LogP contribution >= 0.6 is 11.6 Å². The van der Waals surface area contributed by atoms with E-state index >= 15 is 0 Å². The predicted molar refractivity (Wildman–Crippen MR) is 76.1 cm³/mol. The second kappa shape index (κ2) is 6.29.